The predicted molar refractivity (Wildman–Crippen MR) is 131 cm³/mol. The molecular formula is C21H30BrN5O2S2. The molecule has 4 rings (SSSR count). The fourth-order valence-corrected chi connectivity index (χ4v) is 7.46. The van der Waals surface area contributed by atoms with E-state index in [4.69, 9.17) is 0 Å². The quantitative estimate of drug-likeness (QED) is 0.583. The number of sulfone groups is 1. The molecule has 1 aromatic heterocycles. The van der Waals surface area contributed by atoms with Gasteiger partial charge in [-0.25, -0.2) is 8.42 Å². The molecule has 0 N–H and O–H groups in total. The van der Waals surface area contributed by atoms with Crippen LogP contribution in [-0.2, 0) is 9.84 Å². The highest BCUT2D eigenvalue weighted by Gasteiger charge is 2.31. The Bertz CT molecular complexity index is 1010. The van der Waals surface area contributed by atoms with Gasteiger partial charge >= 0.3 is 0 Å². The van der Waals surface area contributed by atoms with Gasteiger partial charge in [0.1, 0.15) is 0 Å². The van der Waals surface area contributed by atoms with Gasteiger partial charge in [-0.3, -0.25) is 0 Å². The smallest absolute Gasteiger partial charge is 0.238 e. The molecular weight excluding hydrogens is 498 g/mol. The van der Waals surface area contributed by atoms with Crippen LogP contribution in [0.3, 0.4) is 0 Å². The van der Waals surface area contributed by atoms with E-state index in [1.807, 2.05) is 31.1 Å². The molecule has 0 radical (unpaired) electrons. The van der Waals surface area contributed by atoms with E-state index in [-0.39, 0.29) is 0 Å². The van der Waals surface area contributed by atoms with Crippen LogP contribution in [0.25, 0.3) is 0 Å². The van der Waals surface area contributed by atoms with E-state index < -0.39 is 9.84 Å². The highest BCUT2D eigenvalue weighted by Crippen LogP contribution is 2.36. The zero-order valence-electron chi connectivity index (χ0n) is 18.3. The van der Waals surface area contributed by atoms with Gasteiger partial charge in [0.15, 0.2) is 9.84 Å². The second kappa shape index (κ2) is 9.23. The van der Waals surface area contributed by atoms with E-state index in [2.05, 4.69) is 35.1 Å². The Labute approximate surface area is 197 Å². The summed E-state index contributed by atoms with van der Waals surface area (Å²) >= 11 is 4.93. The Morgan fingerprint density at radius 1 is 1.03 bits per heavy atom. The Kier molecular flexibility index (Phi) is 6.79. The average molecular weight is 529 g/mol. The number of hydrogen-bond donors (Lipinski definition) is 0. The third kappa shape index (κ3) is 5.17. The molecule has 170 valence electrons. The molecule has 31 heavy (non-hydrogen) atoms. The lowest BCUT2D eigenvalue weighted by atomic mass is 9.79. The van der Waals surface area contributed by atoms with Crippen molar-refractivity contribution in [1.82, 2.24) is 9.36 Å². The van der Waals surface area contributed by atoms with E-state index in [9.17, 15) is 8.42 Å². The van der Waals surface area contributed by atoms with Crippen molar-refractivity contribution in [3.63, 3.8) is 0 Å². The van der Waals surface area contributed by atoms with Crippen molar-refractivity contribution in [1.29, 1.82) is 0 Å². The minimum absolute atomic E-state index is 0.353. The van der Waals surface area contributed by atoms with Crippen molar-refractivity contribution in [2.45, 2.75) is 30.6 Å². The molecule has 2 aliphatic rings. The molecule has 0 amide bonds. The predicted octanol–water partition coefficient (Wildman–Crippen LogP) is 3.90. The number of halogens is 1. The van der Waals surface area contributed by atoms with Crippen molar-refractivity contribution in [2.75, 3.05) is 61.2 Å². The van der Waals surface area contributed by atoms with Gasteiger partial charge in [-0.05, 0) is 71.6 Å². The van der Waals surface area contributed by atoms with Crippen LogP contribution in [0.4, 0.5) is 16.8 Å². The second-order valence-corrected chi connectivity index (χ2v) is 12.4. The van der Waals surface area contributed by atoms with Gasteiger partial charge in [0.25, 0.3) is 0 Å². The first-order valence-corrected chi connectivity index (χ1v) is 14.2. The topological polar surface area (TPSA) is 69.6 Å². The van der Waals surface area contributed by atoms with E-state index in [0.29, 0.717) is 9.37 Å². The van der Waals surface area contributed by atoms with Crippen LogP contribution in [0.5, 0.6) is 0 Å². The third-order valence-electron chi connectivity index (χ3n) is 6.50. The van der Waals surface area contributed by atoms with Crippen molar-refractivity contribution in [2.24, 2.45) is 11.8 Å². The van der Waals surface area contributed by atoms with Crippen molar-refractivity contribution < 1.29 is 8.42 Å². The maximum atomic E-state index is 11.8. The molecule has 0 unspecified atom stereocenters. The number of benzene rings is 1. The number of aromatic nitrogens is 2. The lowest BCUT2D eigenvalue weighted by Gasteiger charge is -2.40. The number of piperidine rings is 2. The lowest BCUT2D eigenvalue weighted by molar-refractivity contribution is 0.233. The molecule has 2 fully saturated rings. The van der Waals surface area contributed by atoms with Crippen LogP contribution < -0.4 is 14.7 Å². The molecule has 0 atom stereocenters. The largest absolute Gasteiger partial charge is 0.371 e. The van der Waals surface area contributed by atoms with Crippen molar-refractivity contribution in [3.8, 4) is 0 Å². The zero-order chi connectivity index (χ0) is 22.2. The van der Waals surface area contributed by atoms with Gasteiger partial charge in [0.05, 0.1) is 4.90 Å². The van der Waals surface area contributed by atoms with Gasteiger partial charge in [-0.1, -0.05) is 0 Å². The van der Waals surface area contributed by atoms with Gasteiger partial charge in [0, 0.05) is 68.2 Å². The number of nitrogens with zero attached hydrogens (tertiary/aromatic N) is 5. The summed E-state index contributed by atoms with van der Waals surface area (Å²) in [5, 5.41) is 1.04. The highest BCUT2D eigenvalue weighted by molar-refractivity contribution is 9.10. The fraction of sp³-hybridized carbons (Fsp3) is 0.619. The first-order valence-electron chi connectivity index (χ1n) is 10.7. The normalized spacial score (nSPS) is 19.1. The summed E-state index contributed by atoms with van der Waals surface area (Å²) in [6.45, 7) is 4.18. The standard InChI is InChI=1S/C21H30BrN5O2S2/c1-25(2)20-23-21(30-24-20)27-12-8-16(9-13-27)15-6-10-26(11-7-15)17-4-5-19(18(22)14-17)31(3,28)29/h4-5,14-16H,6-13H2,1-3H3. The van der Waals surface area contributed by atoms with Crippen LogP contribution in [0.2, 0.25) is 0 Å². The number of anilines is 3. The molecule has 10 heteroatoms. The van der Waals surface area contributed by atoms with Crippen LogP contribution in [0, 0.1) is 11.8 Å². The molecule has 0 bridgehead atoms. The zero-order valence-corrected chi connectivity index (χ0v) is 21.5. The summed E-state index contributed by atoms with van der Waals surface area (Å²) in [6.07, 6.45) is 6.07. The maximum absolute atomic E-state index is 11.8. The summed E-state index contributed by atoms with van der Waals surface area (Å²) in [7, 11) is 0.739. The first-order chi connectivity index (χ1) is 14.7. The molecule has 0 saturated carbocycles. The third-order valence-corrected chi connectivity index (χ3v) is 9.34. The fourth-order valence-electron chi connectivity index (χ4n) is 4.70. The van der Waals surface area contributed by atoms with E-state index in [0.717, 1.165) is 54.8 Å². The summed E-state index contributed by atoms with van der Waals surface area (Å²) < 4.78 is 28.8. The first kappa shape index (κ1) is 22.8. The minimum atomic E-state index is -3.21. The SMILES string of the molecule is CN(C)c1nsc(N2CCC(C3CCN(c4ccc(S(C)(=O)=O)c(Br)c4)CC3)CC2)n1. The van der Waals surface area contributed by atoms with Crippen molar-refractivity contribution in [3.05, 3.63) is 22.7 Å². The Balaban J connectivity index is 1.30. The molecule has 2 aliphatic heterocycles. The number of rotatable bonds is 5. The van der Waals surface area contributed by atoms with Gasteiger partial charge < -0.3 is 14.7 Å². The molecule has 0 aliphatic carbocycles. The molecule has 2 aromatic rings. The Morgan fingerprint density at radius 2 is 1.61 bits per heavy atom. The van der Waals surface area contributed by atoms with Crippen LogP contribution in [-0.4, -0.2) is 64.3 Å². The van der Waals surface area contributed by atoms with Gasteiger partial charge in [-0.15, -0.1) is 0 Å². The van der Waals surface area contributed by atoms with Crippen LogP contribution in [0.15, 0.2) is 27.6 Å². The van der Waals surface area contributed by atoms with Gasteiger partial charge in [-0.2, -0.15) is 9.36 Å². The van der Waals surface area contributed by atoms with E-state index in [1.165, 1.54) is 43.5 Å². The molecule has 2 saturated heterocycles. The van der Waals surface area contributed by atoms with Crippen LogP contribution >= 0.6 is 27.5 Å². The molecule has 3 heterocycles. The number of hydrogen-bond acceptors (Lipinski definition) is 8. The Morgan fingerprint density at radius 3 is 2.10 bits per heavy atom. The lowest BCUT2D eigenvalue weighted by Crippen LogP contribution is -2.41. The summed E-state index contributed by atoms with van der Waals surface area (Å²) in [6, 6.07) is 5.59. The highest BCUT2D eigenvalue weighted by atomic mass is 79.9. The van der Waals surface area contributed by atoms with Crippen LogP contribution in [0.1, 0.15) is 25.7 Å². The summed E-state index contributed by atoms with van der Waals surface area (Å²) in [4.78, 5) is 11.7. The Hall–Kier alpha value is -1.39. The van der Waals surface area contributed by atoms with E-state index >= 15 is 0 Å². The monoisotopic (exact) mass is 527 g/mol. The summed E-state index contributed by atoms with van der Waals surface area (Å²) in [5.74, 6) is 2.34. The van der Waals surface area contributed by atoms with Crippen molar-refractivity contribution >= 4 is 54.1 Å². The second-order valence-electron chi connectivity index (χ2n) is 8.81. The maximum Gasteiger partial charge on any atom is 0.238 e. The molecule has 0 spiro atoms. The molecule has 1 aromatic carbocycles. The van der Waals surface area contributed by atoms with E-state index in [1.54, 1.807) is 6.07 Å². The van der Waals surface area contributed by atoms with Gasteiger partial charge in [0.2, 0.25) is 11.1 Å². The average Bonchev–Trinajstić information content (AvgIpc) is 3.24. The minimum Gasteiger partial charge on any atom is -0.371 e. The summed E-state index contributed by atoms with van der Waals surface area (Å²) in [5.41, 5.74) is 1.10. The molecule has 7 nitrogen and oxygen atoms in total.